The molecule has 0 bridgehead atoms. The first kappa shape index (κ1) is 13.9. The van der Waals surface area contributed by atoms with Crippen LogP contribution in [0.3, 0.4) is 0 Å². The topological polar surface area (TPSA) is 87.4 Å². The lowest BCUT2D eigenvalue weighted by atomic mass is 10.1. The summed E-state index contributed by atoms with van der Waals surface area (Å²) < 4.78 is 1.75. The summed E-state index contributed by atoms with van der Waals surface area (Å²) in [7, 11) is 1.84. The first-order chi connectivity index (χ1) is 9.41. The fraction of sp³-hybridized carbons (Fsp3) is 0.286. The smallest absolute Gasteiger partial charge is 0.255 e. The first-order valence-corrected chi connectivity index (χ1v) is 6.20. The van der Waals surface area contributed by atoms with Gasteiger partial charge in [-0.25, -0.2) is 0 Å². The number of aryl methyl sites for hydroxylation is 2. The molecule has 20 heavy (non-hydrogen) atoms. The molecule has 0 atom stereocenters. The minimum Gasteiger partial charge on any atom is -0.504 e. The second-order valence-electron chi connectivity index (χ2n) is 4.63. The number of phenolic OH excluding ortho intramolecular Hbond substituents is 2. The lowest BCUT2D eigenvalue weighted by Crippen LogP contribution is -2.23. The molecule has 106 valence electrons. The highest BCUT2D eigenvalue weighted by Crippen LogP contribution is 2.28. The fourth-order valence-electron chi connectivity index (χ4n) is 2.05. The fourth-order valence-corrected chi connectivity index (χ4v) is 2.05. The molecule has 1 aromatic carbocycles. The van der Waals surface area contributed by atoms with Crippen LogP contribution < -0.4 is 5.32 Å². The van der Waals surface area contributed by atoms with Crippen molar-refractivity contribution < 1.29 is 15.0 Å². The molecule has 0 aliphatic rings. The van der Waals surface area contributed by atoms with Gasteiger partial charge in [0.1, 0.15) is 0 Å². The zero-order valence-electron chi connectivity index (χ0n) is 11.6. The van der Waals surface area contributed by atoms with Crippen LogP contribution in [0.5, 0.6) is 11.5 Å². The molecule has 3 N–H and O–H groups in total. The molecule has 0 fully saturated rings. The third-order valence-corrected chi connectivity index (χ3v) is 3.34. The number of rotatable bonds is 3. The SMILES string of the molecule is Cc1nn(C)c(C)c1CNC(=O)c1cccc(O)c1O. The molecule has 1 heterocycles. The van der Waals surface area contributed by atoms with Crippen LogP contribution in [0.1, 0.15) is 27.3 Å². The molecule has 0 unspecified atom stereocenters. The Morgan fingerprint density at radius 3 is 2.65 bits per heavy atom. The van der Waals surface area contributed by atoms with Crippen LogP contribution in [0, 0.1) is 13.8 Å². The Balaban J connectivity index is 2.15. The van der Waals surface area contributed by atoms with Gasteiger partial charge in [0.25, 0.3) is 5.91 Å². The van der Waals surface area contributed by atoms with Crippen molar-refractivity contribution in [2.75, 3.05) is 0 Å². The van der Waals surface area contributed by atoms with E-state index >= 15 is 0 Å². The van der Waals surface area contributed by atoms with Crippen molar-refractivity contribution in [3.63, 3.8) is 0 Å². The first-order valence-electron chi connectivity index (χ1n) is 6.20. The number of carbonyl (C=O) groups excluding carboxylic acids is 1. The number of nitrogens with one attached hydrogen (secondary N) is 1. The third kappa shape index (κ3) is 2.45. The van der Waals surface area contributed by atoms with E-state index in [1.807, 2.05) is 20.9 Å². The van der Waals surface area contributed by atoms with Gasteiger partial charge in [-0.1, -0.05) is 6.07 Å². The molecule has 6 nitrogen and oxygen atoms in total. The minimum absolute atomic E-state index is 0.0456. The molecule has 1 aromatic heterocycles. The monoisotopic (exact) mass is 275 g/mol. The van der Waals surface area contributed by atoms with Crippen molar-refractivity contribution in [3.8, 4) is 11.5 Å². The normalized spacial score (nSPS) is 10.6. The maximum Gasteiger partial charge on any atom is 0.255 e. The van der Waals surface area contributed by atoms with Gasteiger partial charge in [-0.2, -0.15) is 5.10 Å². The highest BCUT2D eigenvalue weighted by Gasteiger charge is 2.15. The summed E-state index contributed by atoms with van der Waals surface area (Å²) >= 11 is 0. The standard InChI is InChI=1S/C14H17N3O3/c1-8-11(9(2)17(3)16-8)7-15-14(20)10-5-4-6-12(18)13(10)19/h4-6,18-19H,7H2,1-3H3,(H,15,20). The van der Waals surface area contributed by atoms with E-state index in [1.165, 1.54) is 18.2 Å². The quantitative estimate of drug-likeness (QED) is 0.738. The van der Waals surface area contributed by atoms with Crippen molar-refractivity contribution >= 4 is 5.91 Å². The highest BCUT2D eigenvalue weighted by molar-refractivity contribution is 5.97. The van der Waals surface area contributed by atoms with Crippen LogP contribution in [0.2, 0.25) is 0 Å². The molecule has 0 radical (unpaired) electrons. The van der Waals surface area contributed by atoms with Gasteiger partial charge in [-0.3, -0.25) is 9.48 Å². The second kappa shape index (κ2) is 5.24. The number of nitrogens with zero attached hydrogens (tertiary/aromatic N) is 2. The van der Waals surface area contributed by atoms with Crippen molar-refractivity contribution in [1.82, 2.24) is 15.1 Å². The highest BCUT2D eigenvalue weighted by atomic mass is 16.3. The van der Waals surface area contributed by atoms with Crippen molar-refractivity contribution in [2.45, 2.75) is 20.4 Å². The molecule has 2 rings (SSSR count). The molecule has 0 spiro atoms. The number of benzene rings is 1. The maximum absolute atomic E-state index is 12.0. The van der Waals surface area contributed by atoms with Gasteiger partial charge in [0.15, 0.2) is 11.5 Å². The average molecular weight is 275 g/mol. The largest absolute Gasteiger partial charge is 0.504 e. The molecule has 0 aliphatic carbocycles. The third-order valence-electron chi connectivity index (χ3n) is 3.34. The summed E-state index contributed by atoms with van der Waals surface area (Å²) in [6.07, 6.45) is 0. The van der Waals surface area contributed by atoms with E-state index < -0.39 is 11.7 Å². The van der Waals surface area contributed by atoms with Crippen molar-refractivity contribution in [2.24, 2.45) is 7.05 Å². The lowest BCUT2D eigenvalue weighted by Gasteiger charge is -2.08. The number of aromatic hydroxyl groups is 2. The molecule has 1 amide bonds. The molecule has 0 saturated carbocycles. The van der Waals surface area contributed by atoms with Gasteiger partial charge >= 0.3 is 0 Å². The molecule has 0 saturated heterocycles. The zero-order chi connectivity index (χ0) is 14.9. The number of hydrogen-bond donors (Lipinski definition) is 3. The Bertz CT molecular complexity index is 662. The Labute approximate surface area is 116 Å². The van der Waals surface area contributed by atoms with E-state index in [0.717, 1.165) is 17.0 Å². The van der Waals surface area contributed by atoms with Gasteiger partial charge < -0.3 is 15.5 Å². The van der Waals surface area contributed by atoms with Crippen LogP contribution in [0.25, 0.3) is 0 Å². The molecule has 2 aromatic rings. The number of para-hydroxylation sites is 1. The van der Waals surface area contributed by atoms with Crippen LogP contribution >= 0.6 is 0 Å². The van der Waals surface area contributed by atoms with E-state index in [2.05, 4.69) is 10.4 Å². The average Bonchev–Trinajstić information content (AvgIpc) is 2.64. The van der Waals surface area contributed by atoms with Gasteiger partial charge in [-0.15, -0.1) is 0 Å². The molecule has 6 heteroatoms. The molecule has 0 aliphatic heterocycles. The molecular weight excluding hydrogens is 258 g/mol. The van der Waals surface area contributed by atoms with Crippen molar-refractivity contribution in [3.05, 3.63) is 40.7 Å². The summed E-state index contributed by atoms with van der Waals surface area (Å²) in [5.41, 5.74) is 2.82. The van der Waals surface area contributed by atoms with Gasteiger partial charge in [0, 0.05) is 24.8 Å². The van der Waals surface area contributed by atoms with Crippen molar-refractivity contribution in [1.29, 1.82) is 0 Å². The van der Waals surface area contributed by atoms with Gasteiger partial charge in [0.2, 0.25) is 0 Å². The zero-order valence-corrected chi connectivity index (χ0v) is 11.6. The van der Waals surface area contributed by atoms with E-state index in [-0.39, 0.29) is 11.3 Å². The summed E-state index contributed by atoms with van der Waals surface area (Å²) in [5.74, 6) is -1.17. The number of carbonyl (C=O) groups is 1. The van der Waals surface area contributed by atoms with Crippen LogP contribution in [0.4, 0.5) is 0 Å². The van der Waals surface area contributed by atoms with Crippen LogP contribution in [0.15, 0.2) is 18.2 Å². The number of aromatic nitrogens is 2. The predicted octanol–water partition coefficient (Wildman–Crippen LogP) is 1.38. The summed E-state index contributed by atoms with van der Waals surface area (Å²) in [6.45, 7) is 4.12. The molecular formula is C14H17N3O3. The van der Waals surface area contributed by atoms with E-state index in [1.54, 1.807) is 4.68 Å². The van der Waals surface area contributed by atoms with E-state index in [4.69, 9.17) is 0 Å². The van der Waals surface area contributed by atoms with E-state index in [9.17, 15) is 15.0 Å². The Morgan fingerprint density at radius 2 is 2.05 bits per heavy atom. The predicted molar refractivity (Wildman–Crippen MR) is 73.6 cm³/mol. The number of hydrogen-bond acceptors (Lipinski definition) is 4. The minimum atomic E-state index is -0.443. The van der Waals surface area contributed by atoms with Gasteiger partial charge in [-0.05, 0) is 26.0 Å². The van der Waals surface area contributed by atoms with Gasteiger partial charge in [0.05, 0.1) is 11.3 Å². The summed E-state index contributed by atoms with van der Waals surface area (Å²) in [5, 5.41) is 26.0. The second-order valence-corrected chi connectivity index (χ2v) is 4.63. The summed E-state index contributed by atoms with van der Waals surface area (Å²) in [4.78, 5) is 12.0. The lowest BCUT2D eigenvalue weighted by molar-refractivity contribution is 0.0947. The Kier molecular flexibility index (Phi) is 3.65. The Hall–Kier alpha value is -2.50. The number of amides is 1. The van der Waals surface area contributed by atoms with Crippen LogP contribution in [-0.4, -0.2) is 25.9 Å². The Morgan fingerprint density at radius 1 is 1.35 bits per heavy atom. The van der Waals surface area contributed by atoms with Crippen LogP contribution in [-0.2, 0) is 13.6 Å². The number of phenols is 2. The maximum atomic E-state index is 12.0. The summed E-state index contributed by atoms with van der Waals surface area (Å²) in [6, 6.07) is 4.28. The van der Waals surface area contributed by atoms with E-state index in [0.29, 0.717) is 6.54 Å².